The second-order valence-electron chi connectivity index (χ2n) is 5.53. The summed E-state index contributed by atoms with van der Waals surface area (Å²) in [6.07, 6.45) is 15.8. The third-order valence-electron chi connectivity index (χ3n) is 4.03. The molecule has 0 saturated carbocycles. The van der Waals surface area contributed by atoms with Crippen LogP contribution in [0.25, 0.3) is 23.9 Å². The van der Waals surface area contributed by atoms with Gasteiger partial charge in [0.15, 0.2) is 0 Å². The fourth-order valence-electron chi connectivity index (χ4n) is 3.00. The van der Waals surface area contributed by atoms with Gasteiger partial charge < -0.3 is 4.57 Å². The molecule has 0 amide bonds. The zero-order valence-corrected chi connectivity index (χ0v) is 13.2. The van der Waals surface area contributed by atoms with Crippen LogP contribution in [0.2, 0.25) is 0 Å². The Balaban J connectivity index is 2.33. The molecular weight excluding hydrogens is 266 g/mol. The molecule has 0 N–H and O–H groups in total. The number of rotatable bonds is 3. The molecule has 0 radical (unpaired) electrons. The van der Waals surface area contributed by atoms with Crippen LogP contribution in [0.15, 0.2) is 55.1 Å². The van der Waals surface area contributed by atoms with E-state index in [4.69, 9.17) is 0 Å². The van der Waals surface area contributed by atoms with E-state index in [0.717, 1.165) is 12.1 Å². The summed E-state index contributed by atoms with van der Waals surface area (Å²) in [5.74, 6) is 0. The first-order chi connectivity index (χ1) is 10.8. The lowest BCUT2D eigenvalue weighted by atomic mass is 10.0. The molecule has 1 aromatic carbocycles. The second-order valence-corrected chi connectivity index (χ2v) is 5.53. The number of aryl methyl sites for hydroxylation is 1. The van der Waals surface area contributed by atoms with Gasteiger partial charge in [0.2, 0.25) is 0 Å². The molecule has 0 saturated heterocycles. The Hall–Kier alpha value is -2.54. The van der Waals surface area contributed by atoms with Gasteiger partial charge in [0.05, 0.1) is 11.4 Å². The predicted molar refractivity (Wildman–Crippen MR) is 97.2 cm³/mol. The molecule has 1 heteroatoms. The summed E-state index contributed by atoms with van der Waals surface area (Å²) in [6.45, 7) is 8.22. The van der Waals surface area contributed by atoms with E-state index in [2.05, 4.69) is 85.7 Å². The van der Waals surface area contributed by atoms with Gasteiger partial charge in [-0.15, -0.1) is 0 Å². The van der Waals surface area contributed by atoms with E-state index in [-0.39, 0.29) is 0 Å². The highest BCUT2D eigenvalue weighted by Crippen LogP contribution is 2.32. The molecule has 0 atom stereocenters. The van der Waals surface area contributed by atoms with E-state index < -0.39 is 0 Å². The van der Waals surface area contributed by atoms with E-state index in [9.17, 15) is 0 Å². The van der Waals surface area contributed by atoms with Crippen molar-refractivity contribution in [3.63, 3.8) is 0 Å². The standard InChI is InChI=1S/C21H21N/c1-4-9-18-19-10-7-6-8-11-21(19)22(20(18)5-2)17-14-12-16(3)13-15-17/h4-9,11-15H,2,10H2,1,3H3/b9-4-. The predicted octanol–water partition coefficient (Wildman–Crippen LogP) is 5.59. The van der Waals surface area contributed by atoms with Crippen molar-refractivity contribution < 1.29 is 0 Å². The number of hydrogen-bond acceptors (Lipinski definition) is 0. The molecule has 1 heterocycles. The molecule has 0 unspecified atom stereocenters. The minimum atomic E-state index is 0.946. The first-order valence-electron chi connectivity index (χ1n) is 7.69. The Morgan fingerprint density at radius 1 is 1.14 bits per heavy atom. The Morgan fingerprint density at radius 3 is 2.59 bits per heavy atom. The van der Waals surface area contributed by atoms with Gasteiger partial charge in [-0.05, 0) is 50.1 Å². The van der Waals surface area contributed by atoms with Crippen LogP contribution in [-0.4, -0.2) is 4.57 Å². The van der Waals surface area contributed by atoms with E-state index in [1.54, 1.807) is 0 Å². The van der Waals surface area contributed by atoms with Crippen LogP contribution >= 0.6 is 0 Å². The number of aromatic nitrogens is 1. The Bertz CT molecular complexity index is 780. The smallest absolute Gasteiger partial charge is 0.0531 e. The molecule has 1 aliphatic rings. The monoisotopic (exact) mass is 287 g/mol. The summed E-state index contributed by atoms with van der Waals surface area (Å²) in [5.41, 5.74) is 7.48. The van der Waals surface area contributed by atoms with Crippen LogP contribution in [-0.2, 0) is 6.42 Å². The first kappa shape index (κ1) is 14.4. The highest BCUT2D eigenvalue weighted by Gasteiger charge is 2.18. The van der Waals surface area contributed by atoms with Gasteiger partial charge in [0.1, 0.15) is 0 Å². The van der Waals surface area contributed by atoms with Gasteiger partial charge in [-0.3, -0.25) is 0 Å². The van der Waals surface area contributed by atoms with E-state index in [1.165, 1.54) is 28.1 Å². The number of fused-ring (bicyclic) bond motifs is 1. The summed E-state index contributed by atoms with van der Waals surface area (Å²) < 4.78 is 2.31. The van der Waals surface area contributed by atoms with Crippen molar-refractivity contribution in [3.8, 4) is 5.69 Å². The highest BCUT2D eigenvalue weighted by molar-refractivity contribution is 5.75. The van der Waals surface area contributed by atoms with Crippen molar-refractivity contribution in [1.82, 2.24) is 4.57 Å². The van der Waals surface area contributed by atoms with E-state index in [0.29, 0.717) is 0 Å². The van der Waals surface area contributed by atoms with Crippen LogP contribution < -0.4 is 0 Å². The zero-order valence-electron chi connectivity index (χ0n) is 13.2. The lowest BCUT2D eigenvalue weighted by Gasteiger charge is -2.11. The topological polar surface area (TPSA) is 4.93 Å². The summed E-state index contributed by atoms with van der Waals surface area (Å²) in [6, 6.07) is 8.66. The van der Waals surface area contributed by atoms with Crippen molar-refractivity contribution in [2.75, 3.05) is 0 Å². The van der Waals surface area contributed by atoms with E-state index >= 15 is 0 Å². The molecule has 22 heavy (non-hydrogen) atoms. The number of allylic oxidation sites excluding steroid dienone is 4. The molecule has 2 aromatic rings. The van der Waals surface area contributed by atoms with Gasteiger partial charge in [0.25, 0.3) is 0 Å². The van der Waals surface area contributed by atoms with Crippen molar-refractivity contribution in [3.05, 3.63) is 83.2 Å². The maximum absolute atomic E-state index is 4.05. The maximum atomic E-state index is 4.05. The average Bonchev–Trinajstić information content (AvgIpc) is 2.68. The number of benzene rings is 1. The third kappa shape index (κ3) is 2.39. The van der Waals surface area contributed by atoms with Crippen LogP contribution in [0.4, 0.5) is 0 Å². The van der Waals surface area contributed by atoms with Gasteiger partial charge in [-0.25, -0.2) is 0 Å². The fourth-order valence-corrected chi connectivity index (χ4v) is 3.00. The summed E-state index contributed by atoms with van der Waals surface area (Å²) in [7, 11) is 0. The number of nitrogens with zero attached hydrogens (tertiary/aromatic N) is 1. The minimum Gasteiger partial charge on any atom is -0.310 e. The maximum Gasteiger partial charge on any atom is 0.0531 e. The summed E-state index contributed by atoms with van der Waals surface area (Å²) >= 11 is 0. The van der Waals surface area contributed by atoms with Gasteiger partial charge in [-0.1, -0.05) is 54.7 Å². The molecular formula is C21H21N. The molecule has 0 bridgehead atoms. The Labute approximate surface area is 132 Å². The fraction of sp³-hybridized carbons (Fsp3) is 0.143. The van der Waals surface area contributed by atoms with Crippen molar-refractivity contribution in [2.24, 2.45) is 0 Å². The highest BCUT2D eigenvalue weighted by atomic mass is 15.0. The first-order valence-corrected chi connectivity index (χ1v) is 7.69. The third-order valence-corrected chi connectivity index (χ3v) is 4.03. The van der Waals surface area contributed by atoms with Crippen LogP contribution in [0.5, 0.6) is 0 Å². The van der Waals surface area contributed by atoms with Crippen molar-refractivity contribution in [2.45, 2.75) is 20.3 Å². The number of hydrogen-bond donors (Lipinski definition) is 0. The molecule has 1 aliphatic carbocycles. The molecule has 0 aliphatic heterocycles. The van der Waals surface area contributed by atoms with Crippen molar-refractivity contribution >= 4 is 18.2 Å². The van der Waals surface area contributed by atoms with Gasteiger partial charge >= 0.3 is 0 Å². The minimum absolute atomic E-state index is 0.946. The van der Waals surface area contributed by atoms with Gasteiger partial charge in [-0.2, -0.15) is 0 Å². The van der Waals surface area contributed by atoms with Crippen molar-refractivity contribution in [1.29, 1.82) is 0 Å². The largest absolute Gasteiger partial charge is 0.310 e. The second kappa shape index (κ2) is 6.07. The Kier molecular flexibility index (Phi) is 3.97. The normalized spacial score (nSPS) is 13.4. The molecule has 110 valence electrons. The molecule has 3 rings (SSSR count). The SMILES string of the molecule is C=Cc1c(/C=C\C)c2c(n1-c1ccc(C)cc1)C=CC=CC2. The van der Waals surface area contributed by atoms with Crippen LogP contribution in [0.3, 0.4) is 0 Å². The van der Waals surface area contributed by atoms with E-state index in [1.807, 2.05) is 6.08 Å². The zero-order chi connectivity index (χ0) is 15.5. The summed E-state index contributed by atoms with van der Waals surface area (Å²) in [5, 5.41) is 0. The molecule has 0 spiro atoms. The quantitative estimate of drug-likeness (QED) is 0.693. The Morgan fingerprint density at radius 2 is 1.91 bits per heavy atom. The van der Waals surface area contributed by atoms with Crippen LogP contribution in [0, 0.1) is 6.92 Å². The summed E-state index contributed by atoms with van der Waals surface area (Å²) in [4.78, 5) is 0. The molecule has 1 nitrogen and oxygen atoms in total. The lowest BCUT2D eigenvalue weighted by Crippen LogP contribution is -1.99. The van der Waals surface area contributed by atoms with Gasteiger partial charge in [0, 0.05) is 11.3 Å². The molecule has 0 fully saturated rings. The average molecular weight is 287 g/mol. The van der Waals surface area contributed by atoms with Crippen LogP contribution in [0.1, 0.15) is 35.0 Å². The molecule has 1 aromatic heterocycles. The lowest BCUT2D eigenvalue weighted by molar-refractivity contribution is 1.03.